The zero-order chi connectivity index (χ0) is 19.3. The molecule has 0 saturated carbocycles. The quantitative estimate of drug-likeness (QED) is 0.658. The molecule has 0 bridgehead atoms. The summed E-state index contributed by atoms with van der Waals surface area (Å²) in [6.07, 6.45) is 3.50. The predicted molar refractivity (Wildman–Crippen MR) is 105 cm³/mol. The second-order valence-electron chi connectivity index (χ2n) is 6.89. The number of ether oxygens (including phenoxy) is 2. The summed E-state index contributed by atoms with van der Waals surface area (Å²) in [7, 11) is 1.67. The molecule has 0 aliphatic carbocycles. The van der Waals surface area contributed by atoms with E-state index in [-0.39, 0.29) is 18.6 Å². The van der Waals surface area contributed by atoms with Gasteiger partial charge in [-0.05, 0) is 37.1 Å². The van der Waals surface area contributed by atoms with Gasteiger partial charge < -0.3 is 18.9 Å². The third kappa shape index (κ3) is 3.84. The fourth-order valence-corrected chi connectivity index (χ4v) is 3.72. The number of para-hydroxylation sites is 1. The molecule has 7 heteroatoms. The van der Waals surface area contributed by atoms with E-state index in [1.807, 2.05) is 47.4 Å². The average Bonchev–Trinajstić information content (AvgIpc) is 3.11. The number of fused-ring (bicyclic) bond motifs is 1. The molecule has 0 atom stereocenters. The second-order valence-corrected chi connectivity index (χ2v) is 6.89. The van der Waals surface area contributed by atoms with Crippen LogP contribution in [0, 0.1) is 0 Å². The SMILES string of the molecule is COCc1nc2cccnc2n1C1CCN(C(=O)COc2ccccc2)CC1. The van der Waals surface area contributed by atoms with Gasteiger partial charge in [-0.2, -0.15) is 0 Å². The van der Waals surface area contributed by atoms with Crippen molar-refractivity contribution in [3.05, 3.63) is 54.5 Å². The Hall–Kier alpha value is -2.93. The molecule has 28 heavy (non-hydrogen) atoms. The van der Waals surface area contributed by atoms with Gasteiger partial charge in [0.15, 0.2) is 12.3 Å². The number of imidazole rings is 1. The van der Waals surface area contributed by atoms with Crippen LogP contribution in [0.15, 0.2) is 48.7 Å². The van der Waals surface area contributed by atoms with Crippen LogP contribution in [0.25, 0.3) is 11.2 Å². The first-order valence-electron chi connectivity index (χ1n) is 9.52. The van der Waals surface area contributed by atoms with E-state index in [2.05, 4.69) is 14.5 Å². The zero-order valence-electron chi connectivity index (χ0n) is 16.0. The fourth-order valence-electron chi connectivity index (χ4n) is 3.72. The minimum atomic E-state index is 0.0213. The molecule has 1 saturated heterocycles. The van der Waals surface area contributed by atoms with E-state index in [0.29, 0.717) is 25.4 Å². The normalized spacial score (nSPS) is 15.1. The summed E-state index contributed by atoms with van der Waals surface area (Å²) in [6.45, 7) is 1.90. The number of benzene rings is 1. The monoisotopic (exact) mass is 380 g/mol. The van der Waals surface area contributed by atoms with E-state index < -0.39 is 0 Å². The zero-order valence-corrected chi connectivity index (χ0v) is 16.0. The summed E-state index contributed by atoms with van der Waals surface area (Å²) in [5.74, 6) is 1.62. The van der Waals surface area contributed by atoms with Crippen molar-refractivity contribution in [1.29, 1.82) is 0 Å². The van der Waals surface area contributed by atoms with Crippen molar-refractivity contribution in [2.45, 2.75) is 25.5 Å². The second kappa shape index (κ2) is 8.39. The Bertz CT molecular complexity index is 933. The largest absolute Gasteiger partial charge is 0.484 e. The number of nitrogens with zero attached hydrogens (tertiary/aromatic N) is 4. The van der Waals surface area contributed by atoms with Crippen LogP contribution in [0.1, 0.15) is 24.7 Å². The first-order chi connectivity index (χ1) is 13.8. The summed E-state index contributed by atoms with van der Waals surface area (Å²) in [5, 5.41) is 0. The molecule has 1 fully saturated rings. The molecular formula is C21H24N4O3. The number of pyridine rings is 1. The number of rotatable bonds is 6. The number of aromatic nitrogens is 3. The van der Waals surface area contributed by atoms with E-state index in [4.69, 9.17) is 9.47 Å². The van der Waals surface area contributed by atoms with Crippen molar-refractivity contribution in [3.8, 4) is 5.75 Å². The molecule has 146 valence electrons. The van der Waals surface area contributed by atoms with E-state index in [0.717, 1.165) is 29.8 Å². The third-order valence-electron chi connectivity index (χ3n) is 5.08. The minimum Gasteiger partial charge on any atom is -0.484 e. The van der Waals surface area contributed by atoms with E-state index in [9.17, 15) is 4.79 Å². The van der Waals surface area contributed by atoms with Gasteiger partial charge in [0.2, 0.25) is 0 Å². The molecule has 0 spiro atoms. The molecule has 3 heterocycles. The number of piperidine rings is 1. The predicted octanol–water partition coefficient (Wildman–Crippen LogP) is 2.82. The lowest BCUT2D eigenvalue weighted by Crippen LogP contribution is -2.41. The van der Waals surface area contributed by atoms with Crippen LogP contribution >= 0.6 is 0 Å². The summed E-state index contributed by atoms with van der Waals surface area (Å²) >= 11 is 0. The van der Waals surface area contributed by atoms with Crippen molar-refractivity contribution < 1.29 is 14.3 Å². The van der Waals surface area contributed by atoms with Crippen LogP contribution in [0.4, 0.5) is 0 Å². The Morgan fingerprint density at radius 2 is 1.93 bits per heavy atom. The van der Waals surface area contributed by atoms with Crippen molar-refractivity contribution in [2.75, 3.05) is 26.8 Å². The van der Waals surface area contributed by atoms with Crippen LogP contribution in [-0.2, 0) is 16.1 Å². The number of hydrogen-bond donors (Lipinski definition) is 0. The Morgan fingerprint density at radius 3 is 2.68 bits per heavy atom. The van der Waals surface area contributed by atoms with E-state index in [1.165, 1.54) is 0 Å². The fraction of sp³-hybridized carbons (Fsp3) is 0.381. The maximum Gasteiger partial charge on any atom is 0.260 e. The number of methoxy groups -OCH3 is 1. The van der Waals surface area contributed by atoms with Gasteiger partial charge in [0.25, 0.3) is 5.91 Å². The molecule has 0 N–H and O–H groups in total. The number of carbonyl (C=O) groups is 1. The standard InChI is InChI=1S/C21H24N4O3/c1-27-14-19-23-18-8-5-11-22-21(18)25(19)16-9-12-24(13-10-16)20(26)15-28-17-6-3-2-4-7-17/h2-8,11,16H,9-10,12-15H2,1H3. The van der Waals surface area contributed by atoms with Crippen molar-refractivity contribution in [3.63, 3.8) is 0 Å². The molecular weight excluding hydrogens is 356 g/mol. The Labute approximate surface area is 163 Å². The molecule has 1 amide bonds. The highest BCUT2D eigenvalue weighted by molar-refractivity contribution is 5.78. The topological polar surface area (TPSA) is 69.5 Å². The van der Waals surface area contributed by atoms with Crippen molar-refractivity contribution in [1.82, 2.24) is 19.4 Å². The summed E-state index contributed by atoms with van der Waals surface area (Å²) in [6, 6.07) is 13.5. The molecule has 1 aromatic carbocycles. The number of amides is 1. The Morgan fingerprint density at radius 1 is 1.14 bits per heavy atom. The minimum absolute atomic E-state index is 0.0213. The Kier molecular flexibility index (Phi) is 5.53. The van der Waals surface area contributed by atoms with Gasteiger partial charge in [-0.3, -0.25) is 4.79 Å². The summed E-state index contributed by atoms with van der Waals surface area (Å²) in [5.41, 5.74) is 1.76. The number of hydrogen-bond acceptors (Lipinski definition) is 5. The van der Waals surface area contributed by atoms with Gasteiger partial charge in [-0.1, -0.05) is 18.2 Å². The summed E-state index contributed by atoms with van der Waals surface area (Å²) < 4.78 is 13.1. The first kappa shape index (κ1) is 18.4. The first-order valence-corrected chi connectivity index (χ1v) is 9.52. The molecule has 3 aromatic rings. The van der Waals surface area contributed by atoms with Crippen molar-refractivity contribution in [2.24, 2.45) is 0 Å². The van der Waals surface area contributed by atoms with Crippen LogP contribution in [-0.4, -0.2) is 52.1 Å². The van der Waals surface area contributed by atoms with E-state index >= 15 is 0 Å². The van der Waals surface area contributed by atoms with Crippen LogP contribution in [0.2, 0.25) is 0 Å². The molecule has 7 nitrogen and oxygen atoms in total. The molecule has 0 unspecified atom stereocenters. The molecule has 1 aliphatic heterocycles. The van der Waals surface area contributed by atoms with Crippen molar-refractivity contribution >= 4 is 17.1 Å². The number of likely N-dealkylation sites (tertiary alicyclic amines) is 1. The van der Waals surface area contributed by atoms with Gasteiger partial charge in [-0.15, -0.1) is 0 Å². The third-order valence-corrected chi connectivity index (χ3v) is 5.08. The number of carbonyl (C=O) groups excluding carboxylic acids is 1. The molecule has 0 radical (unpaired) electrons. The molecule has 2 aromatic heterocycles. The summed E-state index contributed by atoms with van der Waals surface area (Å²) in [4.78, 5) is 23.6. The van der Waals surface area contributed by atoms with Crippen LogP contribution in [0.5, 0.6) is 5.75 Å². The Balaban J connectivity index is 1.41. The maximum atomic E-state index is 12.5. The smallest absolute Gasteiger partial charge is 0.260 e. The molecule has 1 aliphatic rings. The maximum absolute atomic E-state index is 12.5. The van der Waals surface area contributed by atoms with Gasteiger partial charge >= 0.3 is 0 Å². The highest BCUT2D eigenvalue weighted by Crippen LogP contribution is 2.28. The van der Waals surface area contributed by atoms with Gasteiger partial charge in [-0.25, -0.2) is 9.97 Å². The van der Waals surface area contributed by atoms with Crippen LogP contribution < -0.4 is 4.74 Å². The van der Waals surface area contributed by atoms with Gasteiger partial charge in [0.1, 0.15) is 23.7 Å². The lowest BCUT2D eigenvalue weighted by molar-refractivity contribution is -0.134. The average molecular weight is 380 g/mol. The van der Waals surface area contributed by atoms with Crippen LogP contribution in [0.3, 0.4) is 0 Å². The van der Waals surface area contributed by atoms with Gasteiger partial charge in [0.05, 0.1) is 0 Å². The highest BCUT2D eigenvalue weighted by atomic mass is 16.5. The van der Waals surface area contributed by atoms with E-state index in [1.54, 1.807) is 13.3 Å². The highest BCUT2D eigenvalue weighted by Gasteiger charge is 2.27. The molecule has 4 rings (SSSR count). The lowest BCUT2D eigenvalue weighted by Gasteiger charge is -2.33. The lowest BCUT2D eigenvalue weighted by atomic mass is 10.0. The van der Waals surface area contributed by atoms with Gasteiger partial charge in [0, 0.05) is 32.4 Å².